The van der Waals surface area contributed by atoms with Crippen molar-refractivity contribution in [2.45, 2.75) is 88.9 Å². The number of carbonyl (C=O) groups is 5. The van der Waals surface area contributed by atoms with E-state index in [1.165, 1.54) is 0 Å². The molecule has 2 unspecified atom stereocenters. The number of nitrogens with one attached hydrogen (secondary N) is 2. The van der Waals surface area contributed by atoms with E-state index in [2.05, 4.69) is 15.6 Å². The van der Waals surface area contributed by atoms with Crippen LogP contribution in [0.2, 0.25) is 0 Å². The number of fused-ring (bicyclic) bond motifs is 2. The average molecular weight is 713 g/mol. The zero-order chi connectivity index (χ0) is 37.2. The molecule has 0 spiro atoms. The Morgan fingerprint density at radius 2 is 1.06 bits per heavy atom. The summed E-state index contributed by atoms with van der Waals surface area (Å²) in [7, 11) is 0. The largest absolute Gasteiger partial charge is 0.480 e. The summed E-state index contributed by atoms with van der Waals surface area (Å²) in [6.07, 6.45) is -2.19. The van der Waals surface area contributed by atoms with Crippen LogP contribution >= 0.6 is 0 Å². The van der Waals surface area contributed by atoms with Gasteiger partial charge < -0.3 is 46.4 Å². The Bertz CT molecular complexity index is 1260. The van der Waals surface area contributed by atoms with Crippen LogP contribution in [-0.2, 0) is 37.1 Å². The highest BCUT2D eigenvalue weighted by atomic mass is 16.4. The normalized spacial score (nSPS) is 18.0. The summed E-state index contributed by atoms with van der Waals surface area (Å²) in [5.41, 5.74) is 1.01. The maximum absolute atomic E-state index is 12.6. The van der Waals surface area contributed by atoms with E-state index >= 15 is 0 Å². The molecule has 2 amide bonds. The van der Waals surface area contributed by atoms with Crippen LogP contribution < -0.4 is 10.6 Å². The van der Waals surface area contributed by atoms with Crippen molar-refractivity contribution in [3.05, 3.63) is 29.6 Å². The molecule has 0 saturated carbocycles. The second-order valence-electron chi connectivity index (χ2n) is 12.3. The van der Waals surface area contributed by atoms with Crippen LogP contribution in [0.1, 0.15) is 56.8 Å². The molecule has 2 bridgehead atoms. The van der Waals surface area contributed by atoms with Gasteiger partial charge in [0, 0.05) is 65.2 Å². The summed E-state index contributed by atoms with van der Waals surface area (Å²) in [4.78, 5) is 72.0. The molecule has 1 aliphatic rings. The maximum Gasteiger partial charge on any atom is 0.320 e. The van der Waals surface area contributed by atoms with Crippen LogP contribution in [0.15, 0.2) is 18.2 Å². The van der Waals surface area contributed by atoms with E-state index in [1.54, 1.807) is 32.9 Å². The zero-order valence-corrected chi connectivity index (χ0v) is 28.4. The molecule has 2 heterocycles. The topological polar surface area (TPSA) is 274 Å². The Morgan fingerprint density at radius 1 is 0.680 bits per heavy atom. The number of hydrogen-bond donors (Lipinski definition) is 9. The first-order valence-electron chi connectivity index (χ1n) is 16.8. The fourth-order valence-electron chi connectivity index (χ4n) is 5.71. The van der Waals surface area contributed by atoms with Crippen LogP contribution in [0, 0.1) is 0 Å². The van der Waals surface area contributed by atoms with Gasteiger partial charge in [0.1, 0.15) is 18.1 Å². The van der Waals surface area contributed by atoms with E-state index in [0.717, 1.165) is 0 Å². The van der Waals surface area contributed by atoms with Crippen LogP contribution in [0.4, 0.5) is 0 Å². The predicted molar refractivity (Wildman–Crippen MR) is 176 cm³/mol. The molecule has 1 aromatic heterocycles. The standard InChI is InChI=1S/C32H52N6O12/c1-2-4-25(30(45)46)37-13-11-36(26(31(47)48)7-9-28(43)33-15-23(41)19-39)12-14-38(18-22-6-3-5-21(17-37)35-22)27(32(49)50)8-10-29(44)34-16-24(42)20-40/h3,5-6,23-27,39-42H,2,4,7-20H2,1H3,(H,33,43)(H,34,44)(H,45,46)(H,47,48)(H,49,50)/t23?,24?,25-,26-,27-/m0/s1. The highest BCUT2D eigenvalue weighted by molar-refractivity contribution is 5.79. The number of rotatable bonds is 20. The minimum absolute atomic E-state index is 0.000469. The number of carboxylic acid groups (broad SMARTS) is 3. The van der Waals surface area contributed by atoms with Gasteiger partial charge in [-0.15, -0.1) is 0 Å². The fourth-order valence-corrected chi connectivity index (χ4v) is 5.71. The number of aliphatic hydroxyl groups excluding tert-OH is 4. The summed E-state index contributed by atoms with van der Waals surface area (Å²) >= 11 is 0. The number of pyridine rings is 1. The van der Waals surface area contributed by atoms with Crippen LogP contribution in [-0.4, -0.2) is 168 Å². The maximum atomic E-state index is 12.6. The number of nitrogens with zero attached hydrogens (tertiary/aromatic N) is 4. The number of aliphatic hydroxyl groups is 4. The summed E-state index contributed by atoms with van der Waals surface area (Å²) in [5, 5.41) is 72.6. The van der Waals surface area contributed by atoms with E-state index in [0.29, 0.717) is 24.2 Å². The van der Waals surface area contributed by atoms with Crippen molar-refractivity contribution in [1.82, 2.24) is 30.3 Å². The van der Waals surface area contributed by atoms with Gasteiger partial charge >= 0.3 is 17.9 Å². The molecule has 0 aromatic carbocycles. The highest BCUT2D eigenvalue weighted by Crippen LogP contribution is 2.19. The van der Waals surface area contributed by atoms with E-state index in [9.17, 15) is 49.5 Å². The van der Waals surface area contributed by atoms with E-state index in [-0.39, 0.29) is 78.0 Å². The third kappa shape index (κ3) is 14.6. The van der Waals surface area contributed by atoms with Crippen molar-refractivity contribution < 1.29 is 59.7 Å². The van der Waals surface area contributed by atoms with E-state index < -0.39 is 73.3 Å². The van der Waals surface area contributed by atoms with Gasteiger partial charge in [0.15, 0.2) is 0 Å². The third-order valence-corrected chi connectivity index (χ3v) is 8.46. The van der Waals surface area contributed by atoms with Crippen molar-refractivity contribution in [2.75, 3.05) is 52.5 Å². The van der Waals surface area contributed by atoms with Crippen molar-refractivity contribution in [3.63, 3.8) is 0 Å². The summed E-state index contributed by atoms with van der Waals surface area (Å²) in [6, 6.07) is 1.83. The Balaban J connectivity index is 2.45. The molecule has 18 heteroatoms. The lowest BCUT2D eigenvalue weighted by molar-refractivity contribution is -0.147. The molecule has 282 valence electrons. The van der Waals surface area contributed by atoms with Crippen molar-refractivity contribution in [3.8, 4) is 0 Å². The predicted octanol–water partition coefficient (Wildman–Crippen LogP) is -2.34. The Morgan fingerprint density at radius 3 is 1.44 bits per heavy atom. The molecule has 2 rings (SSSR count). The smallest absolute Gasteiger partial charge is 0.320 e. The molecular formula is C32H52N6O12. The van der Waals surface area contributed by atoms with Gasteiger partial charge in [-0.2, -0.15) is 0 Å². The average Bonchev–Trinajstić information content (AvgIpc) is 3.07. The molecule has 1 aliphatic heterocycles. The minimum Gasteiger partial charge on any atom is -0.480 e. The van der Waals surface area contributed by atoms with Crippen LogP contribution in [0.3, 0.4) is 0 Å². The molecule has 0 saturated heterocycles. The molecule has 0 fully saturated rings. The molecule has 1 aromatic rings. The number of aliphatic carboxylic acids is 3. The Kier molecular flexibility index (Phi) is 18.8. The molecule has 0 aliphatic carbocycles. The van der Waals surface area contributed by atoms with Gasteiger partial charge in [0.2, 0.25) is 11.8 Å². The molecule has 50 heavy (non-hydrogen) atoms. The minimum atomic E-state index is -1.25. The molecule has 5 atom stereocenters. The van der Waals surface area contributed by atoms with Crippen molar-refractivity contribution in [2.24, 2.45) is 0 Å². The molecule has 0 radical (unpaired) electrons. The molecule has 18 nitrogen and oxygen atoms in total. The second-order valence-corrected chi connectivity index (χ2v) is 12.3. The van der Waals surface area contributed by atoms with Gasteiger partial charge in [-0.05, 0) is 31.4 Å². The van der Waals surface area contributed by atoms with E-state index in [4.69, 9.17) is 10.2 Å². The monoisotopic (exact) mass is 712 g/mol. The number of hydrogen-bond acceptors (Lipinski definition) is 13. The lowest BCUT2D eigenvalue weighted by atomic mass is 10.1. The number of carboxylic acids is 3. The molecule has 9 N–H and O–H groups in total. The van der Waals surface area contributed by atoms with Gasteiger partial charge in [-0.3, -0.25) is 43.7 Å². The second kappa shape index (κ2) is 22.1. The molecular weight excluding hydrogens is 660 g/mol. The van der Waals surface area contributed by atoms with Gasteiger partial charge in [0.05, 0.1) is 36.8 Å². The lowest BCUT2D eigenvalue weighted by Gasteiger charge is -2.37. The highest BCUT2D eigenvalue weighted by Gasteiger charge is 2.33. The quantitative estimate of drug-likeness (QED) is 0.0685. The summed E-state index contributed by atoms with van der Waals surface area (Å²) < 4.78 is 0. The van der Waals surface area contributed by atoms with E-state index in [1.807, 2.05) is 6.92 Å². The van der Waals surface area contributed by atoms with Crippen LogP contribution in [0.25, 0.3) is 0 Å². The first kappa shape index (κ1) is 42.4. The first-order chi connectivity index (χ1) is 23.8. The fraction of sp³-hybridized carbons (Fsp3) is 0.688. The van der Waals surface area contributed by atoms with Crippen molar-refractivity contribution in [1.29, 1.82) is 0 Å². The summed E-state index contributed by atoms with van der Waals surface area (Å²) in [6.45, 7) is 0.596. The summed E-state index contributed by atoms with van der Waals surface area (Å²) in [5.74, 6) is -4.59. The first-order valence-corrected chi connectivity index (χ1v) is 16.8. The number of amides is 2. The third-order valence-electron chi connectivity index (χ3n) is 8.46. The van der Waals surface area contributed by atoms with Gasteiger partial charge in [-0.1, -0.05) is 19.4 Å². The zero-order valence-electron chi connectivity index (χ0n) is 28.4. The number of aromatic nitrogens is 1. The number of carbonyl (C=O) groups excluding carboxylic acids is 2. The van der Waals surface area contributed by atoms with Gasteiger partial charge in [-0.25, -0.2) is 0 Å². The SMILES string of the molecule is CCC[C@@H](C(=O)O)N1CCN([C@@H](CCC(=O)NCC(O)CO)C(=O)O)CCN([C@@H](CCC(=O)NCC(O)CO)C(=O)O)Cc2cccc(n2)C1. The Hall–Kier alpha value is -3.78. The van der Waals surface area contributed by atoms with Crippen LogP contribution in [0.5, 0.6) is 0 Å². The van der Waals surface area contributed by atoms with Crippen molar-refractivity contribution >= 4 is 29.7 Å². The Labute approximate surface area is 290 Å². The lowest BCUT2D eigenvalue weighted by Crippen LogP contribution is -2.52. The van der Waals surface area contributed by atoms with Gasteiger partial charge in [0.25, 0.3) is 0 Å².